The minimum atomic E-state index is -0.393. The van der Waals surface area contributed by atoms with Crippen molar-refractivity contribution in [1.82, 2.24) is 4.98 Å². The van der Waals surface area contributed by atoms with Crippen molar-refractivity contribution in [3.05, 3.63) is 59.5 Å². The highest BCUT2D eigenvalue weighted by Crippen LogP contribution is 2.60. The molecule has 4 aliphatic rings. The van der Waals surface area contributed by atoms with Crippen LogP contribution in [-0.2, 0) is 16.8 Å². The zero-order valence-corrected chi connectivity index (χ0v) is 17.8. The van der Waals surface area contributed by atoms with Crippen LogP contribution in [0, 0.1) is 17.8 Å². The second-order valence-corrected chi connectivity index (χ2v) is 9.79. The molecule has 4 bridgehead atoms. The SMILES string of the molecule is COC(=O)c1ccc2nc(COc3ccc(C45CC6CC(CC(C6)C4)C5)cc3)oc2c1. The quantitative estimate of drug-likeness (QED) is 0.501. The molecular formula is C26H27NO4. The molecule has 1 aromatic heterocycles. The van der Waals surface area contributed by atoms with Crippen molar-refractivity contribution >= 4 is 17.1 Å². The molecule has 1 heterocycles. The minimum absolute atomic E-state index is 0.249. The van der Waals surface area contributed by atoms with Crippen molar-refractivity contribution in [3.8, 4) is 5.75 Å². The highest BCUT2D eigenvalue weighted by atomic mass is 16.5. The molecule has 31 heavy (non-hydrogen) atoms. The molecule has 0 aliphatic heterocycles. The van der Waals surface area contributed by atoms with Gasteiger partial charge in [-0.25, -0.2) is 9.78 Å². The van der Waals surface area contributed by atoms with Crippen molar-refractivity contribution in [2.24, 2.45) is 17.8 Å². The van der Waals surface area contributed by atoms with Gasteiger partial charge >= 0.3 is 5.97 Å². The van der Waals surface area contributed by atoms with Gasteiger partial charge < -0.3 is 13.9 Å². The Morgan fingerprint density at radius 3 is 2.35 bits per heavy atom. The third-order valence-electron chi connectivity index (χ3n) is 7.72. The summed E-state index contributed by atoms with van der Waals surface area (Å²) in [6.07, 6.45) is 8.51. The Labute approximate surface area is 181 Å². The van der Waals surface area contributed by atoms with Gasteiger partial charge in [-0.2, -0.15) is 0 Å². The van der Waals surface area contributed by atoms with E-state index in [2.05, 4.69) is 29.2 Å². The van der Waals surface area contributed by atoms with Gasteiger partial charge in [0, 0.05) is 0 Å². The molecule has 4 fully saturated rings. The Bertz CT molecular complexity index is 1090. The molecule has 4 aliphatic carbocycles. The molecular weight excluding hydrogens is 390 g/mol. The summed E-state index contributed by atoms with van der Waals surface area (Å²) in [5.74, 6) is 3.76. The van der Waals surface area contributed by atoms with Crippen LogP contribution in [0.15, 0.2) is 46.9 Å². The molecule has 0 saturated heterocycles. The predicted octanol–water partition coefficient (Wildman–Crippen LogP) is 5.66. The van der Waals surface area contributed by atoms with E-state index < -0.39 is 5.97 Å². The van der Waals surface area contributed by atoms with E-state index in [0.717, 1.165) is 23.5 Å². The van der Waals surface area contributed by atoms with E-state index in [4.69, 9.17) is 13.9 Å². The molecule has 0 spiro atoms. The smallest absolute Gasteiger partial charge is 0.337 e. The van der Waals surface area contributed by atoms with Crippen LogP contribution in [0.4, 0.5) is 0 Å². The van der Waals surface area contributed by atoms with Gasteiger partial charge in [-0.05, 0) is 97.6 Å². The van der Waals surface area contributed by atoms with Crippen LogP contribution in [0.3, 0.4) is 0 Å². The summed E-state index contributed by atoms with van der Waals surface area (Å²) in [6, 6.07) is 13.8. The molecule has 0 radical (unpaired) electrons. The van der Waals surface area contributed by atoms with Gasteiger partial charge in [0.1, 0.15) is 11.3 Å². The van der Waals surface area contributed by atoms with E-state index in [1.165, 1.54) is 51.2 Å². The first-order valence-corrected chi connectivity index (χ1v) is 11.3. The van der Waals surface area contributed by atoms with E-state index >= 15 is 0 Å². The monoisotopic (exact) mass is 417 g/mol. The van der Waals surface area contributed by atoms with Crippen molar-refractivity contribution < 1.29 is 18.7 Å². The number of carbonyl (C=O) groups excluding carboxylic acids is 1. The maximum atomic E-state index is 11.7. The molecule has 3 aromatic rings. The van der Waals surface area contributed by atoms with E-state index in [9.17, 15) is 4.79 Å². The van der Waals surface area contributed by atoms with Crippen molar-refractivity contribution in [3.63, 3.8) is 0 Å². The third kappa shape index (κ3) is 3.31. The van der Waals surface area contributed by atoms with Gasteiger partial charge in [0.05, 0.1) is 12.7 Å². The summed E-state index contributed by atoms with van der Waals surface area (Å²) in [5.41, 5.74) is 3.60. The topological polar surface area (TPSA) is 61.6 Å². The van der Waals surface area contributed by atoms with Gasteiger partial charge in [-0.15, -0.1) is 0 Å². The first-order valence-electron chi connectivity index (χ1n) is 11.3. The van der Waals surface area contributed by atoms with Crippen molar-refractivity contribution in [2.45, 2.75) is 50.5 Å². The van der Waals surface area contributed by atoms with Crippen molar-refractivity contribution in [1.29, 1.82) is 0 Å². The average molecular weight is 418 g/mol. The molecule has 4 saturated carbocycles. The minimum Gasteiger partial charge on any atom is -0.484 e. The average Bonchev–Trinajstić information content (AvgIpc) is 3.19. The number of rotatable bonds is 5. The van der Waals surface area contributed by atoms with Crippen LogP contribution in [0.1, 0.15) is 60.3 Å². The van der Waals surface area contributed by atoms with E-state index in [0.29, 0.717) is 28.0 Å². The van der Waals surface area contributed by atoms with Crippen LogP contribution in [0.5, 0.6) is 5.75 Å². The molecule has 7 rings (SSSR count). The Kier molecular flexibility index (Phi) is 4.34. The number of benzene rings is 2. The van der Waals surface area contributed by atoms with E-state index in [1.807, 2.05) is 0 Å². The Balaban J connectivity index is 1.15. The first kappa shape index (κ1) is 18.9. The molecule has 0 unspecified atom stereocenters. The lowest BCUT2D eigenvalue weighted by Gasteiger charge is -2.57. The number of esters is 1. The second-order valence-electron chi connectivity index (χ2n) is 9.79. The Hall–Kier alpha value is -2.82. The lowest BCUT2D eigenvalue weighted by Crippen LogP contribution is -2.48. The number of nitrogens with zero attached hydrogens (tertiary/aromatic N) is 1. The number of carbonyl (C=O) groups is 1. The molecule has 2 aromatic carbocycles. The number of fused-ring (bicyclic) bond motifs is 1. The van der Waals surface area contributed by atoms with E-state index in [-0.39, 0.29) is 6.61 Å². The summed E-state index contributed by atoms with van der Waals surface area (Å²) in [5, 5.41) is 0. The number of aromatic nitrogens is 1. The Morgan fingerprint density at radius 2 is 1.71 bits per heavy atom. The Morgan fingerprint density at radius 1 is 1.03 bits per heavy atom. The maximum absolute atomic E-state index is 11.7. The number of hydrogen-bond acceptors (Lipinski definition) is 5. The fourth-order valence-corrected chi connectivity index (χ4v) is 6.79. The van der Waals surface area contributed by atoms with Crippen molar-refractivity contribution in [2.75, 3.05) is 7.11 Å². The van der Waals surface area contributed by atoms with Gasteiger partial charge in [-0.1, -0.05) is 12.1 Å². The second kappa shape index (κ2) is 7.11. The number of oxazole rings is 1. The lowest BCUT2D eigenvalue weighted by atomic mass is 9.48. The number of hydrogen-bond donors (Lipinski definition) is 0. The highest BCUT2D eigenvalue weighted by molar-refractivity contribution is 5.93. The number of ether oxygens (including phenoxy) is 2. The third-order valence-corrected chi connectivity index (χ3v) is 7.72. The highest BCUT2D eigenvalue weighted by Gasteiger charge is 2.51. The van der Waals surface area contributed by atoms with E-state index in [1.54, 1.807) is 18.2 Å². The summed E-state index contributed by atoms with van der Waals surface area (Å²) >= 11 is 0. The normalized spacial score (nSPS) is 28.7. The summed E-state index contributed by atoms with van der Waals surface area (Å²) < 4.78 is 16.5. The predicted molar refractivity (Wildman–Crippen MR) is 116 cm³/mol. The van der Waals surface area contributed by atoms with Gasteiger partial charge in [0.2, 0.25) is 5.89 Å². The molecule has 5 heteroatoms. The summed E-state index contributed by atoms with van der Waals surface area (Å²) in [4.78, 5) is 16.1. The fourth-order valence-electron chi connectivity index (χ4n) is 6.79. The fraction of sp³-hybridized carbons (Fsp3) is 0.462. The zero-order valence-electron chi connectivity index (χ0n) is 17.8. The number of methoxy groups -OCH3 is 1. The van der Waals surface area contributed by atoms with Crippen LogP contribution < -0.4 is 4.74 Å². The van der Waals surface area contributed by atoms with Crippen LogP contribution in [0.2, 0.25) is 0 Å². The molecule has 160 valence electrons. The van der Waals surface area contributed by atoms with Gasteiger partial charge in [-0.3, -0.25) is 0 Å². The standard InChI is InChI=1S/C26H27NO4/c1-29-25(28)19-2-7-22-23(11-19)31-24(27-22)15-30-21-5-3-20(4-6-21)26-12-16-8-17(13-26)10-18(9-16)14-26/h2-7,11,16-18H,8-10,12-15H2,1H3. The van der Waals surface area contributed by atoms with Crippen LogP contribution >= 0.6 is 0 Å². The van der Waals surface area contributed by atoms with Gasteiger partial charge in [0.15, 0.2) is 12.2 Å². The zero-order chi connectivity index (χ0) is 21.0. The van der Waals surface area contributed by atoms with Gasteiger partial charge in [0.25, 0.3) is 0 Å². The molecule has 0 atom stereocenters. The summed E-state index contributed by atoms with van der Waals surface area (Å²) in [6.45, 7) is 0.249. The molecule has 0 N–H and O–H groups in total. The van der Waals surface area contributed by atoms with Crippen LogP contribution in [0.25, 0.3) is 11.1 Å². The maximum Gasteiger partial charge on any atom is 0.337 e. The van der Waals surface area contributed by atoms with Crippen LogP contribution in [-0.4, -0.2) is 18.1 Å². The first-order chi connectivity index (χ1) is 15.1. The lowest BCUT2D eigenvalue weighted by molar-refractivity contribution is -0.00521. The summed E-state index contributed by atoms with van der Waals surface area (Å²) in [7, 11) is 1.36. The molecule has 5 nitrogen and oxygen atoms in total. The largest absolute Gasteiger partial charge is 0.484 e. The molecule has 0 amide bonds.